The van der Waals surface area contributed by atoms with E-state index >= 15 is 0 Å². The molecular weight excluding hydrogens is 531 g/mol. The first-order valence-electron chi connectivity index (χ1n) is 13.2. The Hall–Kier alpha value is -4.39. The normalized spacial score (nSPS) is 17.1. The molecule has 1 atom stereocenters. The molecule has 2 aliphatic heterocycles. The van der Waals surface area contributed by atoms with E-state index in [0.29, 0.717) is 16.4 Å². The van der Waals surface area contributed by atoms with E-state index < -0.39 is 0 Å². The molecule has 1 fully saturated rings. The van der Waals surface area contributed by atoms with Gasteiger partial charge in [0.2, 0.25) is 0 Å². The summed E-state index contributed by atoms with van der Waals surface area (Å²) in [5.41, 5.74) is 7.02. The van der Waals surface area contributed by atoms with Crippen LogP contribution in [0.4, 0.5) is 5.82 Å². The van der Waals surface area contributed by atoms with Crippen LogP contribution in [0.3, 0.4) is 0 Å². The molecule has 4 aromatic carbocycles. The van der Waals surface area contributed by atoms with Crippen LogP contribution in [0.2, 0.25) is 0 Å². The fourth-order valence-electron chi connectivity index (χ4n) is 5.46. The number of fused-ring (bicyclic) bond motifs is 2. The summed E-state index contributed by atoms with van der Waals surface area (Å²) in [4.78, 5) is 16.7. The summed E-state index contributed by atoms with van der Waals surface area (Å²) < 4.78 is 2.33. The largest absolute Gasteiger partial charge is 0.342 e. The number of amides is 1. The Balaban J connectivity index is 1.43. The standard InChI is InChI=1S/C34H25N3OS2/c38-32-27(21-23-13-5-1-6-14-23)40-34-35-31-29(33(39)37(32)34)28(25-17-9-3-10-18-25)30(26-19-11-4-12-20-26)36(31)22-24-15-7-2-8-16-24/h1-21,34-35H,22H2/b27-21-. The maximum Gasteiger partial charge on any atom is 0.267 e. The molecule has 0 spiro atoms. The van der Waals surface area contributed by atoms with Gasteiger partial charge in [-0.3, -0.25) is 9.69 Å². The van der Waals surface area contributed by atoms with E-state index in [9.17, 15) is 4.79 Å². The minimum atomic E-state index is -0.320. The fourth-order valence-corrected chi connectivity index (χ4v) is 7.03. The van der Waals surface area contributed by atoms with Crippen LogP contribution < -0.4 is 5.32 Å². The molecule has 0 bridgehead atoms. The average molecular weight is 556 g/mol. The lowest BCUT2D eigenvalue weighted by Crippen LogP contribution is -2.45. The first-order chi connectivity index (χ1) is 19.7. The highest BCUT2D eigenvalue weighted by Crippen LogP contribution is 2.49. The first kappa shape index (κ1) is 24.6. The third-order valence-corrected chi connectivity index (χ3v) is 8.75. The van der Waals surface area contributed by atoms with Crippen molar-refractivity contribution in [3.8, 4) is 22.4 Å². The summed E-state index contributed by atoms with van der Waals surface area (Å²) in [6.45, 7) is 0.661. The molecule has 0 saturated carbocycles. The smallest absolute Gasteiger partial charge is 0.267 e. The number of rotatable bonds is 5. The number of hydrogen-bond acceptors (Lipinski definition) is 4. The highest BCUT2D eigenvalue weighted by molar-refractivity contribution is 8.05. The van der Waals surface area contributed by atoms with Gasteiger partial charge in [-0.05, 0) is 28.3 Å². The Labute approximate surface area is 243 Å². The van der Waals surface area contributed by atoms with Crippen LogP contribution in [-0.2, 0) is 11.3 Å². The van der Waals surface area contributed by atoms with Gasteiger partial charge in [0, 0.05) is 12.1 Å². The zero-order valence-corrected chi connectivity index (χ0v) is 23.2. The summed E-state index contributed by atoms with van der Waals surface area (Å²) >= 11 is 7.69. The summed E-state index contributed by atoms with van der Waals surface area (Å²) in [6.07, 6.45) is 1.95. The molecule has 1 amide bonds. The van der Waals surface area contributed by atoms with Crippen molar-refractivity contribution < 1.29 is 4.79 Å². The number of anilines is 1. The van der Waals surface area contributed by atoms with Crippen LogP contribution in [-0.4, -0.2) is 25.9 Å². The SMILES string of the molecule is O=C1/C(=C/c2ccccc2)SC2Nc3c(c(-c4ccccc4)c(-c4ccccc4)n3Cc3ccccc3)C(=S)N12. The zero-order valence-electron chi connectivity index (χ0n) is 21.5. The molecule has 1 aromatic heterocycles. The zero-order chi connectivity index (χ0) is 27.1. The average Bonchev–Trinajstić information content (AvgIpc) is 3.49. The van der Waals surface area contributed by atoms with Gasteiger partial charge in [-0.1, -0.05) is 145 Å². The first-order valence-corrected chi connectivity index (χ1v) is 14.5. The van der Waals surface area contributed by atoms with Gasteiger partial charge in [0.15, 0.2) is 5.50 Å². The summed E-state index contributed by atoms with van der Waals surface area (Å²) in [5.74, 6) is 0.868. The van der Waals surface area contributed by atoms with Crippen LogP contribution in [0.25, 0.3) is 28.5 Å². The van der Waals surface area contributed by atoms with Crippen molar-refractivity contribution in [2.75, 3.05) is 5.32 Å². The fraction of sp³-hybridized carbons (Fsp3) is 0.0588. The second-order valence-electron chi connectivity index (χ2n) is 9.77. The van der Waals surface area contributed by atoms with Crippen LogP contribution >= 0.6 is 24.0 Å². The molecule has 4 nitrogen and oxygen atoms in total. The Morgan fingerprint density at radius 3 is 1.98 bits per heavy atom. The van der Waals surface area contributed by atoms with Gasteiger partial charge in [0.1, 0.15) is 10.8 Å². The van der Waals surface area contributed by atoms with E-state index in [2.05, 4.69) is 70.5 Å². The predicted octanol–water partition coefficient (Wildman–Crippen LogP) is 7.87. The van der Waals surface area contributed by atoms with Gasteiger partial charge >= 0.3 is 0 Å². The summed E-state index contributed by atoms with van der Waals surface area (Å²) in [6, 6.07) is 41.2. The van der Waals surface area contributed by atoms with Gasteiger partial charge in [0.25, 0.3) is 5.91 Å². The van der Waals surface area contributed by atoms with Crippen molar-refractivity contribution in [3.05, 3.63) is 143 Å². The Bertz CT molecular complexity index is 1750. The number of thiocarbonyl (C=S) groups is 1. The monoisotopic (exact) mass is 555 g/mol. The molecule has 40 heavy (non-hydrogen) atoms. The number of nitrogens with zero attached hydrogens (tertiary/aromatic N) is 2. The second-order valence-corrected chi connectivity index (χ2v) is 11.3. The van der Waals surface area contributed by atoms with Gasteiger partial charge in [-0.15, -0.1) is 0 Å². The molecule has 0 radical (unpaired) electrons. The van der Waals surface area contributed by atoms with E-state index in [0.717, 1.165) is 39.3 Å². The quantitative estimate of drug-likeness (QED) is 0.177. The highest BCUT2D eigenvalue weighted by atomic mass is 32.2. The van der Waals surface area contributed by atoms with Gasteiger partial charge < -0.3 is 9.88 Å². The molecule has 1 saturated heterocycles. The van der Waals surface area contributed by atoms with Crippen molar-refractivity contribution in [1.82, 2.24) is 9.47 Å². The van der Waals surface area contributed by atoms with E-state index in [1.807, 2.05) is 66.7 Å². The van der Waals surface area contributed by atoms with Gasteiger partial charge in [-0.25, -0.2) is 0 Å². The van der Waals surface area contributed by atoms with Gasteiger partial charge in [0.05, 0.1) is 16.2 Å². The Morgan fingerprint density at radius 1 is 0.750 bits per heavy atom. The van der Waals surface area contributed by atoms with E-state index in [1.54, 1.807) is 4.90 Å². The number of aromatic nitrogens is 1. The molecule has 5 aromatic rings. The lowest BCUT2D eigenvalue weighted by atomic mass is 9.96. The number of carbonyl (C=O) groups excluding carboxylic acids is 1. The van der Waals surface area contributed by atoms with Crippen molar-refractivity contribution in [3.63, 3.8) is 0 Å². The third kappa shape index (κ3) is 4.26. The molecule has 3 heterocycles. The lowest BCUT2D eigenvalue weighted by molar-refractivity contribution is -0.122. The van der Waals surface area contributed by atoms with Gasteiger partial charge in [-0.2, -0.15) is 0 Å². The highest BCUT2D eigenvalue weighted by Gasteiger charge is 2.45. The predicted molar refractivity (Wildman–Crippen MR) is 169 cm³/mol. The number of carbonyl (C=O) groups is 1. The Morgan fingerprint density at radius 2 is 1.32 bits per heavy atom. The lowest BCUT2D eigenvalue weighted by Gasteiger charge is -2.32. The van der Waals surface area contributed by atoms with Crippen LogP contribution in [0.5, 0.6) is 0 Å². The van der Waals surface area contributed by atoms with Crippen molar-refractivity contribution in [1.29, 1.82) is 0 Å². The summed E-state index contributed by atoms with van der Waals surface area (Å²) in [5, 5.41) is 3.73. The molecule has 6 heteroatoms. The second kappa shape index (κ2) is 10.3. The van der Waals surface area contributed by atoms with Crippen LogP contribution in [0.15, 0.2) is 126 Å². The van der Waals surface area contributed by atoms with Crippen molar-refractivity contribution in [2.45, 2.75) is 12.0 Å². The number of nitrogens with one attached hydrogen (secondary N) is 1. The van der Waals surface area contributed by atoms with E-state index in [-0.39, 0.29) is 11.4 Å². The van der Waals surface area contributed by atoms with E-state index in [4.69, 9.17) is 12.2 Å². The number of benzene rings is 4. The maximum absolute atomic E-state index is 13.8. The topological polar surface area (TPSA) is 37.3 Å². The van der Waals surface area contributed by atoms with Crippen molar-refractivity contribution >= 4 is 46.8 Å². The Kier molecular flexibility index (Phi) is 6.34. The van der Waals surface area contributed by atoms with Crippen LogP contribution in [0.1, 0.15) is 16.7 Å². The minimum absolute atomic E-state index is 0.0712. The minimum Gasteiger partial charge on any atom is -0.342 e. The molecule has 7 rings (SSSR count). The maximum atomic E-state index is 13.8. The van der Waals surface area contributed by atoms with Crippen LogP contribution in [0, 0.1) is 0 Å². The molecule has 1 N–H and O–H groups in total. The number of thioether (sulfide) groups is 1. The molecule has 2 aliphatic rings. The summed E-state index contributed by atoms with van der Waals surface area (Å²) in [7, 11) is 0. The van der Waals surface area contributed by atoms with Crippen molar-refractivity contribution in [2.24, 2.45) is 0 Å². The van der Waals surface area contributed by atoms with E-state index in [1.165, 1.54) is 17.3 Å². The third-order valence-electron chi connectivity index (χ3n) is 7.25. The molecule has 1 unspecified atom stereocenters. The number of hydrogen-bond donors (Lipinski definition) is 1. The molecule has 0 aliphatic carbocycles. The molecule has 194 valence electrons. The molecular formula is C34H25N3OS2.